The first-order valence-electron chi connectivity index (χ1n) is 10.1. The maximum Gasteiger partial charge on any atom is 0.324 e. The molecule has 2 aromatic carbocycles. The summed E-state index contributed by atoms with van der Waals surface area (Å²) >= 11 is 7.08. The number of morpholine rings is 1. The average Bonchev–Trinajstić information content (AvgIpc) is 3.23. The van der Waals surface area contributed by atoms with Gasteiger partial charge in [0.1, 0.15) is 11.6 Å². The van der Waals surface area contributed by atoms with E-state index in [4.69, 9.17) is 16.3 Å². The van der Waals surface area contributed by atoms with Gasteiger partial charge in [-0.25, -0.2) is 13.8 Å². The van der Waals surface area contributed by atoms with Gasteiger partial charge in [0.2, 0.25) is 0 Å². The molecular formula is C21H21ClF2N4O3S2. The fourth-order valence-corrected chi connectivity index (χ4v) is 5.75. The molecule has 1 atom stereocenters. The van der Waals surface area contributed by atoms with Crippen LogP contribution < -0.4 is 0 Å². The van der Waals surface area contributed by atoms with E-state index in [1.165, 1.54) is 27.5 Å². The van der Waals surface area contributed by atoms with Crippen LogP contribution in [0.3, 0.4) is 0 Å². The molecule has 1 unspecified atom stereocenters. The molecule has 2 aliphatic rings. The molecule has 1 fully saturated rings. The molecule has 176 valence electrons. The molecule has 0 aromatic heterocycles. The van der Waals surface area contributed by atoms with E-state index in [2.05, 4.69) is 9.50 Å². The molecule has 2 aliphatic heterocycles. The average molecular weight is 515 g/mol. The first-order valence-corrected chi connectivity index (χ1v) is 13.1. The standard InChI is InChI=1S/C21H21ClF2N4O3S2/c1-32-21(26-33(29,30)27-9-11-31-12-10-27)28-13-16(19-17(23)3-2-4-18(19)24)20(25-28)14-5-7-15(22)8-6-14/h2-8,16H,9-13H2,1H3. The van der Waals surface area contributed by atoms with Gasteiger partial charge >= 0.3 is 10.2 Å². The van der Waals surface area contributed by atoms with E-state index in [0.717, 1.165) is 11.8 Å². The molecule has 2 heterocycles. The SMILES string of the molecule is CSC(=NS(=O)(=O)N1CCOCC1)N1CC(c2c(F)cccc2F)C(c2ccc(Cl)cc2)=N1. The Bertz CT molecular complexity index is 1170. The summed E-state index contributed by atoms with van der Waals surface area (Å²) in [6.45, 7) is 1.01. The van der Waals surface area contributed by atoms with Crippen LogP contribution >= 0.6 is 23.4 Å². The third kappa shape index (κ3) is 5.22. The lowest BCUT2D eigenvalue weighted by Gasteiger charge is -2.24. The predicted octanol–water partition coefficient (Wildman–Crippen LogP) is 3.72. The molecule has 0 spiro atoms. The lowest BCUT2D eigenvalue weighted by atomic mass is 9.90. The fraction of sp³-hybridized carbons (Fsp3) is 0.333. The van der Waals surface area contributed by atoms with Crippen LogP contribution in [0, 0.1) is 11.6 Å². The molecule has 12 heteroatoms. The van der Waals surface area contributed by atoms with E-state index in [1.807, 2.05) is 0 Å². The minimum absolute atomic E-state index is 0.0219. The van der Waals surface area contributed by atoms with Gasteiger partial charge in [-0.05, 0) is 36.1 Å². The number of ether oxygens (including phenoxy) is 1. The molecule has 7 nitrogen and oxygen atoms in total. The summed E-state index contributed by atoms with van der Waals surface area (Å²) in [7, 11) is -3.97. The van der Waals surface area contributed by atoms with Crippen LogP contribution in [0.25, 0.3) is 0 Å². The lowest BCUT2D eigenvalue weighted by molar-refractivity contribution is 0.0730. The van der Waals surface area contributed by atoms with E-state index in [1.54, 1.807) is 30.5 Å². The number of amidine groups is 1. The summed E-state index contributed by atoms with van der Waals surface area (Å²) in [6, 6.07) is 10.4. The van der Waals surface area contributed by atoms with Crippen molar-refractivity contribution in [3.63, 3.8) is 0 Å². The topological polar surface area (TPSA) is 74.6 Å². The van der Waals surface area contributed by atoms with E-state index in [9.17, 15) is 17.2 Å². The van der Waals surface area contributed by atoms with Gasteiger partial charge in [-0.2, -0.15) is 17.8 Å². The van der Waals surface area contributed by atoms with Crippen molar-refractivity contribution < 1.29 is 21.9 Å². The van der Waals surface area contributed by atoms with Gasteiger partial charge in [0.05, 0.1) is 31.4 Å². The van der Waals surface area contributed by atoms with Gasteiger partial charge in [0.15, 0.2) is 5.17 Å². The summed E-state index contributed by atoms with van der Waals surface area (Å²) in [5, 5.41) is 6.53. The first-order chi connectivity index (χ1) is 15.8. The Morgan fingerprint density at radius 2 is 1.79 bits per heavy atom. The highest BCUT2D eigenvalue weighted by atomic mass is 35.5. The smallest absolute Gasteiger partial charge is 0.324 e. The lowest BCUT2D eigenvalue weighted by Crippen LogP contribution is -2.40. The highest BCUT2D eigenvalue weighted by Crippen LogP contribution is 2.33. The number of nitrogens with zero attached hydrogens (tertiary/aromatic N) is 4. The van der Waals surface area contributed by atoms with Crippen LogP contribution in [0.4, 0.5) is 8.78 Å². The highest BCUT2D eigenvalue weighted by molar-refractivity contribution is 8.13. The molecule has 4 rings (SSSR count). The van der Waals surface area contributed by atoms with Gasteiger partial charge in [-0.3, -0.25) is 0 Å². The van der Waals surface area contributed by atoms with E-state index in [0.29, 0.717) is 29.5 Å². The number of thioether (sulfide) groups is 1. The Morgan fingerprint density at radius 1 is 1.15 bits per heavy atom. The van der Waals surface area contributed by atoms with Crippen LogP contribution in [-0.4, -0.2) is 67.7 Å². The third-order valence-electron chi connectivity index (χ3n) is 5.30. The maximum atomic E-state index is 14.7. The van der Waals surface area contributed by atoms with Crippen LogP contribution in [0.2, 0.25) is 5.02 Å². The van der Waals surface area contributed by atoms with Gasteiger partial charge in [-0.1, -0.05) is 41.6 Å². The zero-order chi connectivity index (χ0) is 23.6. The second-order valence-electron chi connectivity index (χ2n) is 7.33. The molecular weight excluding hydrogens is 494 g/mol. The summed E-state index contributed by atoms with van der Waals surface area (Å²) in [6.07, 6.45) is 1.67. The van der Waals surface area contributed by atoms with Crippen LogP contribution in [0.1, 0.15) is 17.0 Å². The van der Waals surface area contributed by atoms with Gasteiger partial charge in [0, 0.05) is 23.7 Å². The molecule has 0 bridgehead atoms. The number of rotatable bonds is 4. The molecule has 0 amide bonds. The Balaban J connectivity index is 1.74. The van der Waals surface area contributed by atoms with Crippen molar-refractivity contribution in [1.29, 1.82) is 0 Å². The second kappa shape index (κ2) is 10.1. The summed E-state index contributed by atoms with van der Waals surface area (Å²) in [4.78, 5) is 0. The molecule has 0 saturated carbocycles. The molecule has 0 aliphatic carbocycles. The summed E-state index contributed by atoms with van der Waals surface area (Å²) in [5.41, 5.74) is 0.873. The third-order valence-corrected chi connectivity index (χ3v) is 7.75. The Kier molecular flexibility index (Phi) is 7.34. The van der Waals surface area contributed by atoms with Crippen molar-refractivity contribution in [2.75, 3.05) is 39.1 Å². The van der Waals surface area contributed by atoms with Crippen LogP contribution in [0.15, 0.2) is 52.0 Å². The summed E-state index contributed by atoms with van der Waals surface area (Å²) in [5.74, 6) is -2.19. The monoisotopic (exact) mass is 514 g/mol. The number of hydrazone groups is 1. The summed E-state index contributed by atoms with van der Waals surface area (Å²) < 4.78 is 65.5. The van der Waals surface area contributed by atoms with Crippen molar-refractivity contribution in [1.82, 2.24) is 9.31 Å². The first kappa shape index (κ1) is 24.1. The molecule has 0 radical (unpaired) electrons. The molecule has 2 aromatic rings. The van der Waals surface area contributed by atoms with Crippen LogP contribution in [-0.2, 0) is 14.9 Å². The second-order valence-corrected chi connectivity index (χ2v) is 10.1. The molecule has 0 N–H and O–H groups in total. The Morgan fingerprint density at radius 3 is 2.39 bits per heavy atom. The van der Waals surface area contributed by atoms with E-state index >= 15 is 0 Å². The predicted molar refractivity (Wildman–Crippen MR) is 126 cm³/mol. The minimum atomic E-state index is -3.97. The maximum absolute atomic E-state index is 14.7. The fourth-order valence-electron chi connectivity index (χ4n) is 3.70. The van der Waals surface area contributed by atoms with Crippen molar-refractivity contribution in [2.45, 2.75) is 5.92 Å². The van der Waals surface area contributed by atoms with Crippen molar-refractivity contribution >= 4 is 44.5 Å². The number of hydrogen-bond donors (Lipinski definition) is 0. The zero-order valence-electron chi connectivity index (χ0n) is 17.6. The highest BCUT2D eigenvalue weighted by Gasteiger charge is 2.36. The quantitative estimate of drug-likeness (QED) is 0.459. The Hall–Kier alpha value is -2.05. The van der Waals surface area contributed by atoms with Crippen molar-refractivity contribution in [2.24, 2.45) is 9.50 Å². The van der Waals surface area contributed by atoms with Crippen molar-refractivity contribution in [3.05, 3.63) is 70.2 Å². The molecule has 1 saturated heterocycles. The number of halogens is 3. The van der Waals surface area contributed by atoms with E-state index in [-0.39, 0.29) is 30.4 Å². The largest absolute Gasteiger partial charge is 0.379 e. The van der Waals surface area contributed by atoms with Gasteiger partial charge in [0.25, 0.3) is 0 Å². The minimum Gasteiger partial charge on any atom is -0.379 e. The van der Waals surface area contributed by atoms with Crippen molar-refractivity contribution in [3.8, 4) is 0 Å². The zero-order valence-corrected chi connectivity index (χ0v) is 20.0. The Labute approximate surface area is 200 Å². The number of benzene rings is 2. The molecule has 33 heavy (non-hydrogen) atoms. The van der Waals surface area contributed by atoms with Gasteiger partial charge < -0.3 is 4.74 Å². The van der Waals surface area contributed by atoms with E-state index < -0.39 is 27.8 Å². The van der Waals surface area contributed by atoms with Crippen LogP contribution in [0.5, 0.6) is 0 Å². The van der Waals surface area contributed by atoms with Gasteiger partial charge in [-0.15, -0.1) is 4.40 Å². The normalized spacial score (nSPS) is 20.2. The number of hydrogen-bond acceptors (Lipinski definition) is 5.